The molecule has 0 aromatic heterocycles. The second kappa shape index (κ2) is 3.99. The molecule has 0 spiro atoms. The number of cyclic esters (lactones) is 1. The summed E-state index contributed by atoms with van der Waals surface area (Å²) in [5.74, 6) is 1.14. The first kappa shape index (κ1) is 9.50. The van der Waals surface area contributed by atoms with Gasteiger partial charge in [0.05, 0.1) is 5.57 Å². The number of hydrogen-bond acceptors (Lipinski definition) is 2. The fourth-order valence-corrected chi connectivity index (χ4v) is 2.18. The molecule has 0 unspecified atom stereocenters. The maximum atomic E-state index is 11.3. The summed E-state index contributed by atoms with van der Waals surface area (Å²) in [5, 5.41) is 0. The summed E-state index contributed by atoms with van der Waals surface area (Å²) < 4.78 is 4.97. The van der Waals surface area contributed by atoms with E-state index in [9.17, 15) is 4.79 Å². The molecule has 14 heavy (non-hydrogen) atoms. The predicted molar refractivity (Wildman–Crippen MR) is 54.5 cm³/mol. The van der Waals surface area contributed by atoms with Gasteiger partial charge in [-0.15, -0.1) is 0 Å². The van der Waals surface area contributed by atoms with Crippen LogP contribution in [0.25, 0.3) is 0 Å². The Bertz CT molecular complexity index is 293. The first-order chi connectivity index (χ1) is 6.75. The highest BCUT2D eigenvalue weighted by Crippen LogP contribution is 2.27. The zero-order valence-corrected chi connectivity index (χ0v) is 8.58. The highest BCUT2D eigenvalue weighted by Gasteiger charge is 2.20. The summed E-state index contributed by atoms with van der Waals surface area (Å²) in [6.07, 6.45) is 10.3. The highest BCUT2D eigenvalue weighted by atomic mass is 16.5. The predicted octanol–water partition coefficient (Wildman–Crippen LogP) is 2.95. The van der Waals surface area contributed by atoms with Crippen LogP contribution in [0, 0.1) is 5.92 Å². The van der Waals surface area contributed by atoms with E-state index in [1.807, 2.05) is 13.0 Å². The number of allylic oxidation sites excluding steroid dienone is 2. The van der Waals surface area contributed by atoms with Crippen LogP contribution in [0.15, 0.2) is 23.5 Å². The van der Waals surface area contributed by atoms with Crippen LogP contribution in [0.1, 0.15) is 39.0 Å². The van der Waals surface area contributed by atoms with Crippen molar-refractivity contribution in [1.29, 1.82) is 0 Å². The van der Waals surface area contributed by atoms with Gasteiger partial charge in [-0.2, -0.15) is 0 Å². The van der Waals surface area contributed by atoms with Crippen LogP contribution < -0.4 is 0 Å². The molecule has 1 fully saturated rings. The first-order valence-corrected chi connectivity index (χ1v) is 5.38. The Morgan fingerprint density at radius 3 is 2.64 bits per heavy atom. The quantitative estimate of drug-likeness (QED) is 0.471. The molecule has 1 aliphatic heterocycles. The Balaban J connectivity index is 2.05. The van der Waals surface area contributed by atoms with E-state index in [4.69, 9.17) is 4.74 Å². The second-order valence-electron chi connectivity index (χ2n) is 4.16. The third-order valence-electron chi connectivity index (χ3n) is 2.91. The van der Waals surface area contributed by atoms with E-state index in [0.29, 0.717) is 5.92 Å². The molecule has 0 radical (unpaired) electrons. The standard InChI is InChI=1S/C12H16O2/c1-9-7-11(12(13)14-9)8-10-5-3-2-4-6-10/h7-8,10H,2-6H2,1H3/b11-8+. The monoisotopic (exact) mass is 192 g/mol. The van der Waals surface area contributed by atoms with Crippen LogP contribution in [-0.4, -0.2) is 5.97 Å². The largest absolute Gasteiger partial charge is 0.428 e. The average Bonchev–Trinajstić information content (AvgIpc) is 2.47. The maximum absolute atomic E-state index is 11.3. The lowest BCUT2D eigenvalue weighted by atomic mass is 9.88. The number of rotatable bonds is 1. The van der Waals surface area contributed by atoms with Crippen LogP contribution in [-0.2, 0) is 9.53 Å². The van der Waals surface area contributed by atoms with Crippen LogP contribution >= 0.6 is 0 Å². The van der Waals surface area contributed by atoms with Gasteiger partial charge in [-0.1, -0.05) is 25.3 Å². The van der Waals surface area contributed by atoms with Crippen molar-refractivity contribution in [2.75, 3.05) is 0 Å². The Labute approximate surface area is 84.6 Å². The average molecular weight is 192 g/mol. The molecule has 0 bridgehead atoms. The summed E-state index contributed by atoms with van der Waals surface area (Å²) >= 11 is 0. The van der Waals surface area contributed by atoms with Crippen molar-refractivity contribution >= 4 is 5.97 Å². The molecular formula is C12H16O2. The Hall–Kier alpha value is -1.05. The Morgan fingerprint density at radius 1 is 1.36 bits per heavy atom. The van der Waals surface area contributed by atoms with Gasteiger partial charge < -0.3 is 4.74 Å². The molecule has 1 aliphatic carbocycles. The van der Waals surface area contributed by atoms with Crippen molar-refractivity contribution in [3.8, 4) is 0 Å². The van der Waals surface area contributed by atoms with Crippen molar-refractivity contribution in [3.05, 3.63) is 23.5 Å². The minimum atomic E-state index is -0.173. The van der Waals surface area contributed by atoms with Gasteiger partial charge in [0.15, 0.2) is 0 Å². The van der Waals surface area contributed by atoms with E-state index < -0.39 is 0 Å². The van der Waals surface area contributed by atoms with Gasteiger partial charge in [0.1, 0.15) is 5.76 Å². The van der Waals surface area contributed by atoms with Crippen molar-refractivity contribution < 1.29 is 9.53 Å². The van der Waals surface area contributed by atoms with E-state index in [1.54, 1.807) is 0 Å². The van der Waals surface area contributed by atoms with Crippen molar-refractivity contribution in [2.24, 2.45) is 5.92 Å². The Kier molecular flexibility index (Phi) is 2.71. The summed E-state index contributed by atoms with van der Waals surface area (Å²) in [5.41, 5.74) is 0.759. The summed E-state index contributed by atoms with van der Waals surface area (Å²) in [6.45, 7) is 1.82. The SMILES string of the molecule is CC1=C/C(=C\C2CCCCC2)C(=O)O1. The molecular weight excluding hydrogens is 176 g/mol. The zero-order valence-electron chi connectivity index (χ0n) is 8.58. The molecule has 1 heterocycles. The van der Waals surface area contributed by atoms with E-state index >= 15 is 0 Å². The van der Waals surface area contributed by atoms with Gasteiger partial charge in [0, 0.05) is 0 Å². The number of carbonyl (C=O) groups is 1. The molecule has 76 valence electrons. The molecule has 0 atom stereocenters. The van der Waals surface area contributed by atoms with Gasteiger partial charge >= 0.3 is 5.97 Å². The third kappa shape index (κ3) is 2.06. The lowest BCUT2D eigenvalue weighted by Gasteiger charge is -2.17. The van der Waals surface area contributed by atoms with E-state index in [0.717, 1.165) is 11.3 Å². The van der Waals surface area contributed by atoms with Gasteiger partial charge in [0.25, 0.3) is 0 Å². The molecule has 2 nitrogen and oxygen atoms in total. The molecule has 2 aliphatic rings. The highest BCUT2D eigenvalue weighted by molar-refractivity contribution is 5.94. The van der Waals surface area contributed by atoms with Crippen LogP contribution in [0.4, 0.5) is 0 Å². The lowest BCUT2D eigenvalue weighted by molar-refractivity contribution is -0.133. The number of hydrogen-bond donors (Lipinski definition) is 0. The smallest absolute Gasteiger partial charge is 0.343 e. The van der Waals surface area contributed by atoms with Crippen molar-refractivity contribution in [1.82, 2.24) is 0 Å². The van der Waals surface area contributed by atoms with E-state index in [2.05, 4.69) is 6.08 Å². The minimum absolute atomic E-state index is 0.173. The van der Waals surface area contributed by atoms with E-state index in [1.165, 1.54) is 32.1 Å². The van der Waals surface area contributed by atoms with Gasteiger partial charge in [0.2, 0.25) is 0 Å². The van der Waals surface area contributed by atoms with Crippen LogP contribution in [0.2, 0.25) is 0 Å². The zero-order chi connectivity index (χ0) is 9.97. The van der Waals surface area contributed by atoms with Gasteiger partial charge in [-0.3, -0.25) is 0 Å². The number of ether oxygens (including phenoxy) is 1. The lowest BCUT2D eigenvalue weighted by Crippen LogP contribution is -2.06. The molecule has 1 saturated carbocycles. The normalized spacial score (nSPS) is 26.5. The number of carbonyl (C=O) groups excluding carboxylic acids is 1. The summed E-state index contributed by atoms with van der Waals surface area (Å²) in [6, 6.07) is 0. The molecule has 0 amide bonds. The fourth-order valence-electron chi connectivity index (χ4n) is 2.18. The van der Waals surface area contributed by atoms with Gasteiger partial charge in [-0.05, 0) is 31.8 Å². The molecule has 0 N–H and O–H groups in total. The van der Waals surface area contributed by atoms with Crippen LogP contribution in [0.3, 0.4) is 0 Å². The van der Waals surface area contributed by atoms with Gasteiger partial charge in [-0.25, -0.2) is 4.79 Å². The van der Waals surface area contributed by atoms with Crippen molar-refractivity contribution in [3.63, 3.8) is 0 Å². The topological polar surface area (TPSA) is 26.3 Å². The summed E-state index contributed by atoms with van der Waals surface area (Å²) in [7, 11) is 0. The maximum Gasteiger partial charge on any atom is 0.343 e. The molecule has 2 heteroatoms. The molecule has 0 aromatic rings. The first-order valence-electron chi connectivity index (χ1n) is 5.38. The second-order valence-corrected chi connectivity index (χ2v) is 4.16. The number of esters is 1. The molecule has 0 saturated heterocycles. The van der Waals surface area contributed by atoms with Crippen molar-refractivity contribution in [2.45, 2.75) is 39.0 Å². The minimum Gasteiger partial charge on any atom is -0.428 e. The molecule has 0 aromatic carbocycles. The molecule has 2 rings (SSSR count). The third-order valence-corrected chi connectivity index (χ3v) is 2.91. The Morgan fingerprint density at radius 2 is 2.07 bits per heavy atom. The van der Waals surface area contributed by atoms with E-state index in [-0.39, 0.29) is 5.97 Å². The fraction of sp³-hybridized carbons (Fsp3) is 0.583. The summed E-state index contributed by atoms with van der Waals surface area (Å²) in [4.78, 5) is 11.3. The van der Waals surface area contributed by atoms with Crippen LogP contribution in [0.5, 0.6) is 0 Å².